The van der Waals surface area contributed by atoms with E-state index in [0.717, 1.165) is 12.1 Å². The van der Waals surface area contributed by atoms with Gasteiger partial charge in [0.05, 0.1) is 12.2 Å². The van der Waals surface area contributed by atoms with Crippen molar-refractivity contribution in [2.75, 3.05) is 55.7 Å². The van der Waals surface area contributed by atoms with Crippen molar-refractivity contribution in [3.63, 3.8) is 0 Å². The van der Waals surface area contributed by atoms with Gasteiger partial charge in [-0.25, -0.2) is 0 Å². The summed E-state index contributed by atoms with van der Waals surface area (Å²) in [7, 11) is 0. The molecule has 39 heavy (non-hydrogen) atoms. The predicted molar refractivity (Wildman–Crippen MR) is 145 cm³/mol. The molecule has 12 heteroatoms. The lowest BCUT2D eigenvalue weighted by atomic mass is 9.75. The van der Waals surface area contributed by atoms with E-state index in [1.165, 1.54) is 16.0 Å². The first-order chi connectivity index (χ1) is 18.6. The number of alkyl halides is 3. The molecule has 2 aliphatic heterocycles. The lowest BCUT2D eigenvalue weighted by molar-refractivity contribution is -0.149. The van der Waals surface area contributed by atoms with Crippen molar-refractivity contribution in [1.82, 2.24) is 14.8 Å². The molecule has 1 spiro atoms. The standard InChI is InChI=1S/C27H29F3N6O2S/c1-19-16-21(17-32-23(19)31-2)35-24(37)26(8-3-9-26)36(25(35)39)20-4-6-22(7-5-20)38-15-14-33-10-12-34(13-11-33)18-27(28,29)30/h4-7,16-17H,3,8-15,18H2,1H3. The fraction of sp³-hybridized carbons (Fsp3) is 0.481. The molecule has 0 N–H and O–H groups in total. The van der Waals surface area contributed by atoms with E-state index in [2.05, 4.69) is 14.7 Å². The minimum absolute atomic E-state index is 0.0776. The minimum atomic E-state index is -4.17. The van der Waals surface area contributed by atoms with Crippen LogP contribution in [0.15, 0.2) is 36.5 Å². The first kappa shape index (κ1) is 27.3. The number of benzene rings is 1. The van der Waals surface area contributed by atoms with Crippen molar-refractivity contribution in [3.05, 3.63) is 53.5 Å². The Morgan fingerprint density at radius 2 is 1.77 bits per heavy atom. The van der Waals surface area contributed by atoms with Crippen LogP contribution < -0.4 is 14.5 Å². The van der Waals surface area contributed by atoms with Gasteiger partial charge in [-0.1, -0.05) is 6.57 Å². The highest BCUT2D eigenvalue weighted by Crippen LogP contribution is 2.48. The number of anilines is 2. The number of carbonyl (C=O) groups is 1. The predicted octanol–water partition coefficient (Wildman–Crippen LogP) is 4.56. The van der Waals surface area contributed by atoms with Gasteiger partial charge in [-0.15, -0.1) is 4.98 Å². The first-order valence-corrected chi connectivity index (χ1v) is 13.3. The number of hydrogen-bond acceptors (Lipinski definition) is 6. The number of ether oxygens (including phenoxy) is 1. The Balaban J connectivity index is 1.21. The van der Waals surface area contributed by atoms with Crippen LogP contribution in [0.2, 0.25) is 0 Å². The first-order valence-electron chi connectivity index (χ1n) is 12.9. The van der Waals surface area contributed by atoms with Crippen LogP contribution in [0.3, 0.4) is 0 Å². The molecule has 1 saturated carbocycles. The molecule has 1 amide bonds. The molecule has 2 saturated heterocycles. The smallest absolute Gasteiger partial charge is 0.401 e. The van der Waals surface area contributed by atoms with Crippen molar-refractivity contribution in [3.8, 4) is 5.75 Å². The van der Waals surface area contributed by atoms with Crippen molar-refractivity contribution in [2.45, 2.75) is 37.9 Å². The van der Waals surface area contributed by atoms with E-state index in [1.54, 1.807) is 13.0 Å². The maximum absolute atomic E-state index is 13.6. The Morgan fingerprint density at radius 3 is 2.33 bits per heavy atom. The summed E-state index contributed by atoms with van der Waals surface area (Å²) >= 11 is 5.81. The maximum atomic E-state index is 13.6. The molecule has 3 heterocycles. The quantitative estimate of drug-likeness (QED) is 0.365. The summed E-state index contributed by atoms with van der Waals surface area (Å²) in [6, 6.07) is 9.23. The zero-order valence-corrected chi connectivity index (χ0v) is 22.4. The fourth-order valence-corrected chi connectivity index (χ4v) is 5.88. The Kier molecular flexibility index (Phi) is 7.50. The number of pyridine rings is 1. The van der Waals surface area contributed by atoms with E-state index in [0.29, 0.717) is 80.1 Å². The molecule has 0 atom stereocenters. The fourth-order valence-electron chi connectivity index (χ4n) is 5.41. The van der Waals surface area contributed by atoms with E-state index >= 15 is 0 Å². The summed E-state index contributed by atoms with van der Waals surface area (Å²) in [4.78, 5) is 28.2. The van der Waals surface area contributed by atoms with E-state index in [1.807, 2.05) is 29.2 Å². The number of hydrogen-bond donors (Lipinski definition) is 0. The summed E-state index contributed by atoms with van der Waals surface area (Å²) in [6.45, 7) is 11.1. The van der Waals surface area contributed by atoms with Crippen LogP contribution in [0, 0.1) is 13.5 Å². The second-order valence-corrected chi connectivity index (χ2v) is 10.5. The average Bonchev–Trinajstić information content (AvgIpc) is 3.11. The molecule has 0 radical (unpaired) electrons. The zero-order chi connectivity index (χ0) is 27.8. The van der Waals surface area contributed by atoms with E-state index in [9.17, 15) is 18.0 Å². The van der Waals surface area contributed by atoms with Crippen molar-refractivity contribution in [2.24, 2.45) is 0 Å². The van der Waals surface area contributed by atoms with Crippen molar-refractivity contribution in [1.29, 1.82) is 0 Å². The normalized spacial score (nSPS) is 19.9. The number of rotatable bonds is 7. The van der Waals surface area contributed by atoms with Crippen molar-refractivity contribution >= 4 is 40.4 Å². The third kappa shape index (κ3) is 5.44. The summed E-state index contributed by atoms with van der Waals surface area (Å²) in [5, 5.41) is 0.384. The summed E-state index contributed by atoms with van der Waals surface area (Å²) in [5.41, 5.74) is 1.32. The lowest BCUT2D eigenvalue weighted by Crippen LogP contribution is -2.55. The molecule has 2 aromatic rings. The number of nitrogens with zero attached hydrogens (tertiary/aromatic N) is 6. The SMILES string of the molecule is [C-]#[N+]c1ncc(N2C(=O)C3(CCC3)N(c3ccc(OCCN4CCN(CC(F)(F)F)CC4)cc3)C2=S)cc1C. The van der Waals surface area contributed by atoms with Gasteiger partial charge in [0.2, 0.25) is 0 Å². The highest BCUT2D eigenvalue weighted by atomic mass is 32.1. The highest BCUT2D eigenvalue weighted by Gasteiger charge is 2.59. The summed E-state index contributed by atoms with van der Waals surface area (Å²) < 4.78 is 43.7. The Bertz CT molecular complexity index is 1280. The second kappa shape index (κ2) is 10.7. The van der Waals surface area contributed by atoms with Crippen LogP contribution in [0.25, 0.3) is 4.85 Å². The van der Waals surface area contributed by atoms with E-state index in [-0.39, 0.29) is 5.91 Å². The molecule has 3 aliphatic rings. The summed E-state index contributed by atoms with van der Waals surface area (Å²) in [5.74, 6) is 0.886. The molecule has 1 aromatic heterocycles. The van der Waals surface area contributed by atoms with Crippen LogP contribution >= 0.6 is 12.2 Å². The van der Waals surface area contributed by atoms with Gasteiger partial charge in [-0.05, 0) is 74.3 Å². The van der Waals surface area contributed by atoms with Gasteiger partial charge >= 0.3 is 6.18 Å². The molecule has 8 nitrogen and oxygen atoms in total. The van der Waals surface area contributed by atoms with Gasteiger partial charge in [-0.3, -0.25) is 19.5 Å². The van der Waals surface area contributed by atoms with E-state index < -0.39 is 18.3 Å². The molecule has 1 aromatic carbocycles. The number of halogens is 3. The number of carbonyl (C=O) groups excluding carboxylic acids is 1. The van der Waals surface area contributed by atoms with Crippen LogP contribution in [0.1, 0.15) is 24.8 Å². The monoisotopic (exact) mass is 558 g/mol. The Labute approximate surface area is 230 Å². The third-order valence-corrected chi connectivity index (χ3v) is 8.00. The van der Waals surface area contributed by atoms with Gasteiger partial charge in [0.25, 0.3) is 11.7 Å². The Morgan fingerprint density at radius 1 is 1.10 bits per heavy atom. The average molecular weight is 559 g/mol. The molecule has 0 bridgehead atoms. The maximum Gasteiger partial charge on any atom is 0.401 e. The molecule has 206 valence electrons. The second-order valence-electron chi connectivity index (χ2n) is 10.2. The van der Waals surface area contributed by atoms with E-state index in [4.69, 9.17) is 23.5 Å². The minimum Gasteiger partial charge on any atom is -0.492 e. The third-order valence-electron chi connectivity index (χ3n) is 7.63. The van der Waals surface area contributed by atoms with Gasteiger partial charge in [-0.2, -0.15) is 13.2 Å². The highest BCUT2D eigenvalue weighted by molar-refractivity contribution is 7.81. The molecule has 5 rings (SSSR count). The van der Waals surface area contributed by atoms with Crippen LogP contribution in [0.4, 0.5) is 30.4 Å². The number of piperazine rings is 1. The molecule has 3 fully saturated rings. The van der Waals surface area contributed by atoms with Crippen molar-refractivity contribution < 1.29 is 22.7 Å². The van der Waals surface area contributed by atoms with Gasteiger partial charge in [0, 0.05) is 38.4 Å². The Hall–Kier alpha value is -3.27. The van der Waals surface area contributed by atoms with Crippen LogP contribution in [-0.4, -0.2) is 83.4 Å². The van der Waals surface area contributed by atoms with Crippen LogP contribution in [-0.2, 0) is 4.79 Å². The largest absolute Gasteiger partial charge is 0.492 e. The zero-order valence-electron chi connectivity index (χ0n) is 21.6. The van der Waals surface area contributed by atoms with Crippen LogP contribution in [0.5, 0.6) is 5.75 Å². The summed E-state index contributed by atoms with van der Waals surface area (Å²) in [6.07, 6.45) is -0.320. The molecular weight excluding hydrogens is 529 g/mol. The number of aromatic nitrogens is 1. The van der Waals surface area contributed by atoms with Gasteiger partial charge < -0.3 is 14.5 Å². The molecular formula is C27H29F3N6O2S. The molecule has 1 aliphatic carbocycles. The molecule has 0 unspecified atom stereocenters. The number of thiocarbonyl (C=S) groups is 1. The number of amides is 1. The van der Waals surface area contributed by atoms with Gasteiger partial charge in [0.1, 0.15) is 24.1 Å². The number of aryl methyl sites for hydroxylation is 1. The van der Waals surface area contributed by atoms with Gasteiger partial charge in [0.15, 0.2) is 5.11 Å². The topological polar surface area (TPSA) is 56.5 Å². The lowest BCUT2D eigenvalue weighted by Gasteiger charge is -2.43.